The van der Waals surface area contributed by atoms with E-state index in [9.17, 15) is 9.59 Å². The molecule has 2 saturated carbocycles. The van der Waals surface area contributed by atoms with E-state index in [4.69, 9.17) is 14.5 Å². The Morgan fingerprint density at radius 1 is 1.35 bits per heavy atom. The van der Waals surface area contributed by atoms with Gasteiger partial charge in [-0.2, -0.15) is 0 Å². The van der Waals surface area contributed by atoms with Crippen molar-refractivity contribution in [2.75, 3.05) is 11.9 Å². The number of carbonyl (C=O) groups excluding carboxylic acids is 1. The van der Waals surface area contributed by atoms with Gasteiger partial charge in [0.1, 0.15) is 17.1 Å². The molecule has 1 N–H and O–H groups in total. The minimum Gasteiger partial charge on any atom is -0.490 e. The minimum absolute atomic E-state index is 0.0330. The third-order valence-corrected chi connectivity index (χ3v) is 7.53. The SMILES string of the molecule is CC[C@H](C)Oc1cc2nc(C34COC(C)(C3)C4)cn2cc1C(=O)Nc1cccn(C2CC2)c1=O. The van der Waals surface area contributed by atoms with E-state index in [2.05, 4.69) is 12.2 Å². The third-order valence-electron chi connectivity index (χ3n) is 7.53. The van der Waals surface area contributed by atoms with Crippen LogP contribution in [0.3, 0.4) is 0 Å². The predicted molar refractivity (Wildman–Crippen MR) is 128 cm³/mol. The number of amides is 1. The average molecular weight is 463 g/mol. The molecule has 4 fully saturated rings. The maximum absolute atomic E-state index is 13.4. The first kappa shape index (κ1) is 21.4. The van der Waals surface area contributed by atoms with E-state index in [1.165, 1.54) is 0 Å². The second kappa shape index (κ2) is 7.43. The predicted octanol–water partition coefficient (Wildman–Crippen LogP) is 4.08. The number of aromatic nitrogens is 3. The number of fused-ring (bicyclic) bond motifs is 2. The second-order valence-corrected chi connectivity index (χ2v) is 10.5. The van der Waals surface area contributed by atoms with Crippen molar-refractivity contribution in [3.05, 3.63) is 58.4 Å². The first-order valence-corrected chi connectivity index (χ1v) is 12.2. The molecule has 3 aromatic rings. The number of nitrogens with zero attached hydrogens (tertiary/aromatic N) is 3. The molecular formula is C26H30N4O4. The number of hydrogen-bond acceptors (Lipinski definition) is 5. The van der Waals surface area contributed by atoms with Crippen molar-refractivity contribution in [1.29, 1.82) is 0 Å². The Hall–Kier alpha value is -3.13. The molecule has 34 heavy (non-hydrogen) atoms. The van der Waals surface area contributed by atoms with Crippen molar-refractivity contribution in [3.63, 3.8) is 0 Å². The minimum atomic E-state index is -0.375. The Labute approximate surface area is 197 Å². The number of ether oxygens (including phenoxy) is 2. The molecule has 0 unspecified atom stereocenters. The number of rotatable bonds is 7. The second-order valence-electron chi connectivity index (χ2n) is 10.5. The van der Waals surface area contributed by atoms with Crippen LogP contribution in [0.4, 0.5) is 5.69 Å². The third kappa shape index (κ3) is 3.43. The molecule has 0 aromatic carbocycles. The molecule has 5 heterocycles. The molecule has 178 valence electrons. The van der Waals surface area contributed by atoms with E-state index in [0.717, 1.165) is 43.4 Å². The summed E-state index contributed by atoms with van der Waals surface area (Å²) in [6, 6.07) is 5.51. The van der Waals surface area contributed by atoms with E-state index in [0.29, 0.717) is 17.9 Å². The van der Waals surface area contributed by atoms with Crippen molar-refractivity contribution >= 4 is 17.2 Å². The van der Waals surface area contributed by atoms with Crippen molar-refractivity contribution in [3.8, 4) is 5.75 Å². The van der Waals surface area contributed by atoms with Crippen LogP contribution in [-0.4, -0.2) is 38.2 Å². The highest BCUT2D eigenvalue weighted by Crippen LogP contribution is 2.58. The topological polar surface area (TPSA) is 86.9 Å². The van der Waals surface area contributed by atoms with Gasteiger partial charge in [-0.3, -0.25) is 9.59 Å². The summed E-state index contributed by atoms with van der Waals surface area (Å²) in [5, 5.41) is 2.82. The normalized spacial score (nSPS) is 26.3. The summed E-state index contributed by atoms with van der Waals surface area (Å²) in [6.45, 7) is 6.83. The number of hydrogen-bond donors (Lipinski definition) is 1. The highest BCUT2D eigenvalue weighted by atomic mass is 16.5. The number of carbonyl (C=O) groups is 1. The van der Waals surface area contributed by atoms with Crippen LogP contribution in [0.5, 0.6) is 5.75 Å². The molecular weight excluding hydrogens is 432 g/mol. The molecule has 2 bridgehead atoms. The lowest BCUT2D eigenvalue weighted by molar-refractivity contribution is 0.0154. The van der Waals surface area contributed by atoms with E-state index in [1.807, 2.05) is 30.5 Å². The van der Waals surface area contributed by atoms with Gasteiger partial charge in [-0.15, -0.1) is 0 Å². The molecule has 4 aliphatic rings. The molecule has 0 spiro atoms. The van der Waals surface area contributed by atoms with Gasteiger partial charge >= 0.3 is 0 Å². The Balaban J connectivity index is 1.36. The summed E-state index contributed by atoms with van der Waals surface area (Å²) in [7, 11) is 0. The Morgan fingerprint density at radius 2 is 2.15 bits per heavy atom. The van der Waals surface area contributed by atoms with Gasteiger partial charge in [0.15, 0.2) is 0 Å². The van der Waals surface area contributed by atoms with Crippen molar-refractivity contribution in [1.82, 2.24) is 14.0 Å². The highest BCUT2D eigenvalue weighted by molar-refractivity contribution is 6.06. The van der Waals surface area contributed by atoms with Crippen molar-refractivity contribution < 1.29 is 14.3 Å². The van der Waals surface area contributed by atoms with Gasteiger partial charge in [0, 0.05) is 36.1 Å². The maximum Gasteiger partial charge on any atom is 0.274 e. The van der Waals surface area contributed by atoms with Crippen LogP contribution in [0.1, 0.15) is 75.0 Å². The lowest BCUT2D eigenvalue weighted by Gasteiger charge is -2.41. The largest absolute Gasteiger partial charge is 0.490 e. The van der Waals surface area contributed by atoms with Crippen LogP contribution in [0.15, 0.2) is 41.6 Å². The standard InChI is InChI=1S/C26H30N4O4/c1-4-16(2)34-20-10-22-28-21(26-13-25(3,14-26)33-15-26)12-29(22)11-18(20)23(31)27-19-6-5-9-30(24(19)32)17-7-8-17/h5-6,9-12,16-17H,4,7-8,13-15H2,1-3H3,(H,27,31)/t16-,25?,26?/m0/s1. The highest BCUT2D eigenvalue weighted by Gasteiger charge is 2.61. The number of pyridine rings is 2. The molecule has 0 radical (unpaired) electrons. The van der Waals surface area contributed by atoms with Crippen LogP contribution in [-0.2, 0) is 10.2 Å². The van der Waals surface area contributed by atoms with Crippen LogP contribution >= 0.6 is 0 Å². The van der Waals surface area contributed by atoms with E-state index in [1.54, 1.807) is 29.1 Å². The van der Waals surface area contributed by atoms with Crippen molar-refractivity contribution in [2.45, 2.75) is 76.0 Å². The molecule has 2 aliphatic carbocycles. The molecule has 1 amide bonds. The number of imidazole rings is 1. The fourth-order valence-corrected chi connectivity index (χ4v) is 5.43. The summed E-state index contributed by atoms with van der Waals surface area (Å²) in [5.41, 5.74) is 2.11. The number of nitrogens with one attached hydrogen (secondary N) is 1. The summed E-state index contributed by atoms with van der Waals surface area (Å²) in [5.74, 6) is 0.0910. The fraction of sp³-hybridized carbons (Fsp3) is 0.500. The van der Waals surface area contributed by atoms with Crippen LogP contribution in [0.25, 0.3) is 5.65 Å². The zero-order valence-corrected chi connectivity index (χ0v) is 19.8. The molecule has 2 saturated heterocycles. The zero-order chi connectivity index (χ0) is 23.7. The molecule has 3 aromatic heterocycles. The van der Waals surface area contributed by atoms with Gasteiger partial charge in [0.05, 0.1) is 29.6 Å². The van der Waals surface area contributed by atoms with Gasteiger partial charge in [0.25, 0.3) is 11.5 Å². The summed E-state index contributed by atoms with van der Waals surface area (Å²) >= 11 is 0. The summed E-state index contributed by atoms with van der Waals surface area (Å²) in [4.78, 5) is 31.1. The Bertz CT molecular complexity index is 1350. The molecule has 2 aliphatic heterocycles. The Kier molecular flexibility index (Phi) is 4.68. The smallest absolute Gasteiger partial charge is 0.274 e. The first-order valence-electron chi connectivity index (χ1n) is 12.2. The van der Waals surface area contributed by atoms with Crippen LogP contribution < -0.4 is 15.6 Å². The van der Waals surface area contributed by atoms with Crippen LogP contribution in [0, 0.1) is 0 Å². The van der Waals surface area contributed by atoms with Crippen molar-refractivity contribution in [2.24, 2.45) is 0 Å². The monoisotopic (exact) mass is 462 g/mol. The molecule has 8 heteroatoms. The quantitative estimate of drug-likeness (QED) is 0.572. The molecule has 8 nitrogen and oxygen atoms in total. The van der Waals surface area contributed by atoms with Gasteiger partial charge in [-0.05, 0) is 58.1 Å². The van der Waals surface area contributed by atoms with Gasteiger partial charge < -0.3 is 23.8 Å². The van der Waals surface area contributed by atoms with Gasteiger partial charge in [0.2, 0.25) is 0 Å². The van der Waals surface area contributed by atoms with E-state index in [-0.39, 0.29) is 40.3 Å². The first-order chi connectivity index (χ1) is 16.3. The molecule has 7 rings (SSSR count). The summed E-state index contributed by atoms with van der Waals surface area (Å²) in [6.07, 6.45) is 10.2. The lowest BCUT2D eigenvalue weighted by Crippen LogP contribution is -2.45. The van der Waals surface area contributed by atoms with E-state index >= 15 is 0 Å². The van der Waals surface area contributed by atoms with Gasteiger partial charge in [-0.25, -0.2) is 4.98 Å². The lowest BCUT2D eigenvalue weighted by atomic mass is 9.62. The van der Waals surface area contributed by atoms with E-state index < -0.39 is 0 Å². The Morgan fingerprint density at radius 3 is 2.82 bits per heavy atom. The maximum atomic E-state index is 13.4. The summed E-state index contributed by atoms with van der Waals surface area (Å²) < 4.78 is 15.7. The number of anilines is 1. The van der Waals surface area contributed by atoms with Gasteiger partial charge in [-0.1, -0.05) is 6.92 Å². The van der Waals surface area contributed by atoms with Crippen LogP contribution in [0.2, 0.25) is 0 Å². The zero-order valence-electron chi connectivity index (χ0n) is 19.8. The fourth-order valence-electron chi connectivity index (χ4n) is 5.43. The average Bonchev–Trinajstić information content (AvgIpc) is 3.33. The molecule has 1 atom stereocenters.